The minimum absolute atomic E-state index is 0.0588. The van der Waals surface area contributed by atoms with Gasteiger partial charge in [-0.15, -0.1) is 0 Å². The molecule has 0 saturated heterocycles. The Morgan fingerprint density at radius 3 is 2.05 bits per heavy atom. The normalized spacial score (nSPS) is 10.8. The summed E-state index contributed by atoms with van der Waals surface area (Å²) in [5.41, 5.74) is 4.80. The monoisotopic (exact) mass is 288 g/mol. The van der Waals surface area contributed by atoms with Crippen molar-refractivity contribution in [3.63, 3.8) is 0 Å². The third-order valence-electron chi connectivity index (χ3n) is 4.01. The molecule has 110 valence electrons. The molecule has 0 aliphatic carbocycles. The van der Waals surface area contributed by atoms with Gasteiger partial charge >= 0.3 is 0 Å². The Hall–Kier alpha value is -2.03. The number of hydrogen-bond donors (Lipinski definition) is 0. The molecule has 21 heavy (non-hydrogen) atoms. The Labute approximate surface area is 123 Å². The predicted octanol–water partition coefficient (Wildman–Crippen LogP) is 4.62. The lowest BCUT2D eigenvalue weighted by Gasteiger charge is -2.14. The van der Waals surface area contributed by atoms with Gasteiger partial charge < -0.3 is 0 Å². The first-order chi connectivity index (χ1) is 9.81. The minimum atomic E-state index is -0.678. The number of hydrogen-bond acceptors (Lipinski definition) is 1. The van der Waals surface area contributed by atoms with Crippen LogP contribution in [0.25, 0.3) is 0 Å². The van der Waals surface area contributed by atoms with Crippen LogP contribution in [0.2, 0.25) is 0 Å². The van der Waals surface area contributed by atoms with Crippen LogP contribution in [0.4, 0.5) is 8.78 Å². The van der Waals surface area contributed by atoms with Crippen molar-refractivity contribution in [1.29, 1.82) is 0 Å². The smallest absolute Gasteiger partial charge is 0.167 e. The summed E-state index contributed by atoms with van der Waals surface area (Å²) < 4.78 is 26.6. The lowest BCUT2D eigenvalue weighted by Crippen LogP contribution is -2.11. The minimum Gasteiger partial charge on any atom is -0.294 e. The van der Waals surface area contributed by atoms with Crippen molar-refractivity contribution in [2.75, 3.05) is 0 Å². The van der Waals surface area contributed by atoms with E-state index < -0.39 is 11.6 Å². The molecule has 2 aromatic rings. The van der Waals surface area contributed by atoms with Gasteiger partial charge in [0.1, 0.15) is 11.6 Å². The molecule has 0 bridgehead atoms. The number of benzene rings is 2. The van der Waals surface area contributed by atoms with E-state index in [4.69, 9.17) is 0 Å². The summed E-state index contributed by atoms with van der Waals surface area (Å²) in [6.45, 7) is 7.71. The molecule has 0 unspecified atom stereocenters. The van der Waals surface area contributed by atoms with Crippen molar-refractivity contribution in [1.82, 2.24) is 0 Å². The zero-order chi connectivity index (χ0) is 15.7. The van der Waals surface area contributed by atoms with Crippen LogP contribution in [-0.4, -0.2) is 5.78 Å². The number of aryl methyl sites for hydroxylation is 2. The van der Waals surface area contributed by atoms with Crippen LogP contribution in [0, 0.1) is 39.3 Å². The number of halogens is 2. The molecule has 2 rings (SSSR count). The topological polar surface area (TPSA) is 17.1 Å². The van der Waals surface area contributed by atoms with E-state index in [-0.39, 0.29) is 17.8 Å². The van der Waals surface area contributed by atoms with Gasteiger partial charge in [-0.25, -0.2) is 8.78 Å². The van der Waals surface area contributed by atoms with Gasteiger partial charge in [0.15, 0.2) is 5.78 Å². The van der Waals surface area contributed by atoms with Crippen molar-refractivity contribution >= 4 is 5.78 Å². The van der Waals surface area contributed by atoms with Crippen molar-refractivity contribution in [3.05, 3.63) is 69.3 Å². The molecule has 2 aromatic carbocycles. The summed E-state index contributed by atoms with van der Waals surface area (Å²) in [6.07, 6.45) is -0.0588. The molecule has 0 amide bonds. The molecule has 0 aromatic heterocycles. The molecule has 0 aliphatic heterocycles. The van der Waals surface area contributed by atoms with Crippen LogP contribution >= 0.6 is 0 Å². The molecule has 0 fully saturated rings. The van der Waals surface area contributed by atoms with Gasteiger partial charge in [0.2, 0.25) is 0 Å². The third kappa shape index (κ3) is 3.02. The highest BCUT2D eigenvalue weighted by atomic mass is 19.1. The van der Waals surface area contributed by atoms with E-state index in [0.717, 1.165) is 28.3 Å². The van der Waals surface area contributed by atoms with Crippen LogP contribution in [0.5, 0.6) is 0 Å². The lowest BCUT2D eigenvalue weighted by molar-refractivity contribution is 0.0990. The van der Waals surface area contributed by atoms with Gasteiger partial charge in [-0.05, 0) is 61.6 Å². The molecule has 3 heteroatoms. The Bertz CT molecular complexity index is 691. The number of carbonyl (C=O) groups excluding carboxylic acids is 1. The third-order valence-corrected chi connectivity index (χ3v) is 4.01. The summed E-state index contributed by atoms with van der Waals surface area (Å²) in [7, 11) is 0. The molecule has 0 N–H and O–H groups in total. The van der Waals surface area contributed by atoms with Crippen LogP contribution in [0.15, 0.2) is 24.3 Å². The first-order valence-electron chi connectivity index (χ1n) is 6.85. The fourth-order valence-corrected chi connectivity index (χ4v) is 2.56. The zero-order valence-electron chi connectivity index (χ0n) is 12.7. The second-order valence-electron chi connectivity index (χ2n) is 5.47. The predicted molar refractivity (Wildman–Crippen MR) is 79.8 cm³/mol. The van der Waals surface area contributed by atoms with Crippen molar-refractivity contribution < 1.29 is 13.6 Å². The number of ketones is 1. The Morgan fingerprint density at radius 2 is 1.52 bits per heavy atom. The van der Waals surface area contributed by atoms with Gasteiger partial charge in [0.25, 0.3) is 0 Å². The summed E-state index contributed by atoms with van der Waals surface area (Å²) in [6, 6.07) is 5.35. The summed E-state index contributed by atoms with van der Waals surface area (Å²) in [5.74, 6) is -1.45. The number of rotatable bonds is 3. The SMILES string of the molecule is Cc1cc(C)c(C)c(C(=O)Cc2ccc(F)cc2F)c1C. The molecular formula is C18H18F2O. The molecule has 0 saturated carbocycles. The van der Waals surface area contributed by atoms with E-state index in [1.165, 1.54) is 12.1 Å². The highest BCUT2D eigenvalue weighted by Gasteiger charge is 2.17. The van der Waals surface area contributed by atoms with Crippen LogP contribution < -0.4 is 0 Å². The molecule has 0 radical (unpaired) electrons. The second kappa shape index (κ2) is 5.76. The van der Waals surface area contributed by atoms with E-state index in [2.05, 4.69) is 0 Å². The van der Waals surface area contributed by atoms with Crippen LogP contribution in [0.3, 0.4) is 0 Å². The van der Waals surface area contributed by atoms with Gasteiger partial charge in [-0.1, -0.05) is 12.1 Å². The van der Waals surface area contributed by atoms with Crippen molar-refractivity contribution in [3.8, 4) is 0 Å². The lowest BCUT2D eigenvalue weighted by atomic mass is 9.89. The quantitative estimate of drug-likeness (QED) is 0.753. The Morgan fingerprint density at radius 1 is 0.952 bits per heavy atom. The van der Waals surface area contributed by atoms with E-state index in [0.29, 0.717) is 5.56 Å². The maximum Gasteiger partial charge on any atom is 0.167 e. The molecule has 0 heterocycles. The molecular weight excluding hydrogens is 270 g/mol. The van der Waals surface area contributed by atoms with Gasteiger partial charge in [-0.2, -0.15) is 0 Å². The standard InChI is InChI=1S/C18H18F2O/c1-10-7-11(2)13(4)18(12(10)3)17(21)8-14-5-6-15(19)9-16(14)20/h5-7,9H,8H2,1-4H3. The average molecular weight is 288 g/mol. The van der Waals surface area contributed by atoms with E-state index in [9.17, 15) is 13.6 Å². The van der Waals surface area contributed by atoms with E-state index >= 15 is 0 Å². The fraction of sp³-hybridized carbons (Fsp3) is 0.278. The number of carbonyl (C=O) groups is 1. The van der Waals surface area contributed by atoms with Gasteiger partial charge in [0, 0.05) is 18.1 Å². The highest BCUT2D eigenvalue weighted by molar-refractivity contribution is 6.00. The van der Waals surface area contributed by atoms with Crippen LogP contribution in [0.1, 0.15) is 38.2 Å². The van der Waals surface area contributed by atoms with E-state index in [1.807, 2.05) is 33.8 Å². The van der Waals surface area contributed by atoms with Crippen LogP contribution in [-0.2, 0) is 6.42 Å². The van der Waals surface area contributed by atoms with Crippen molar-refractivity contribution in [2.24, 2.45) is 0 Å². The Balaban J connectivity index is 2.42. The molecule has 0 atom stereocenters. The summed E-state index contributed by atoms with van der Waals surface area (Å²) in [5, 5.41) is 0. The van der Waals surface area contributed by atoms with Gasteiger partial charge in [0.05, 0.1) is 0 Å². The second-order valence-corrected chi connectivity index (χ2v) is 5.47. The highest BCUT2D eigenvalue weighted by Crippen LogP contribution is 2.24. The van der Waals surface area contributed by atoms with Gasteiger partial charge in [-0.3, -0.25) is 4.79 Å². The number of Topliss-reactive ketones (excluding diaryl/α,β-unsaturated/α-hetero) is 1. The van der Waals surface area contributed by atoms with Crippen molar-refractivity contribution in [2.45, 2.75) is 34.1 Å². The molecule has 0 spiro atoms. The first kappa shape index (κ1) is 15.4. The summed E-state index contributed by atoms with van der Waals surface area (Å²) >= 11 is 0. The Kier molecular flexibility index (Phi) is 4.21. The van der Waals surface area contributed by atoms with E-state index in [1.54, 1.807) is 0 Å². The first-order valence-corrected chi connectivity index (χ1v) is 6.85. The average Bonchev–Trinajstić information content (AvgIpc) is 2.40. The summed E-state index contributed by atoms with van der Waals surface area (Å²) in [4.78, 5) is 12.5. The zero-order valence-corrected chi connectivity index (χ0v) is 12.7. The largest absolute Gasteiger partial charge is 0.294 e. The fourth-order valence-electron chi connectivity index (χ4n) is 2.56. The maximum atomic E-state index is 13.7. The molecule has 0 aliphatic rings. The molecule has 1 nitrogen and oxygen atoms in total. The maximum absolute atomic E-state index is 13.7.